The number of unbranched alkanes of at least 4 members (excludes halogenated alkanes) is 2. The van der Waals surface area contributed by atoms with E-state index in [2.05, 4.69) is 10.5 Å². The Bertz CT molecular complexity index is 416. The monoisotopic (exact) mass is 258 g/mol. The zero-order valence-electron chi connectivity index (χ0n) is 9.57. The van der Waals surface area contributed by atoms with Crippen LogP contribution in [-0.4, -0.2) is 12.5 Å². The first-order valence-electron chi connectivity index (χ1n) is 5.42. The number of hydrogen-bond donors (Lipinski definition) is 1. The quantitative estimate of drug-likeness (QED) is 0.367. The van der Waals surface area contributed by atoms with Crippen LogP contribution >= 0.6 is 0 Å². The van der Waals surface area contributed by atoms with Crippen LogP contribution in [0.1, 0.15) is 24.8 Å². The van der Waals surface area contributed by atoms with E-state index < -0.39 is 11.7 Å². The van der Waals surface area contributed by atoms with E-state index >= 15 is 0 Å². The van der Waals surface area contributed by atoms with Gasteiger partial charge >= 0.3 is 6.18 Å². The lowest BCUT2D eigenvalue weighted by atomic mass is 10.2. The van der Waals surface area contributed by atoms with Gasteiger partial charge in [0.25, 0.3) is 0 Å². The molecule has 1 aromatic rings. The summed E-state index contributed by atoms with van der Waals surface area (Å²) in [4.78, 5) is 10.0. The summed E-state index contributed by atoms with van der Waals surface area (Å²) in [5.74, 6) is 0. The van der Waals surface area contributed by atoms with Crippen molar-refractivity contribution in [1.29, 1.82) is 0 Å². The van der Waals surface area contributed by atoms with Crippen LogP contribution < -0.4 is 5.43 Å². The van der Waals surface area contributed by atoms with Crippen molar-refractivity contribution in [3.63, 3.8) is 0 Å². The van der Waals surface area contributed by atoms with Crippen LogP contribution in [0.3, 0.4) is 0 Å². The Balaban J connectivity index is 2.50. The van der Waals surface area contributed by atoms with Crippen LogP contribution in [0.5, 0.6) is 0 Å². The number of carbonyl (C=O) groups is 1. The molecule has 0 fully saturated rings. The number of hydrazone groups is 1. The van der Waals surface area contributed by atoms with Gasteiger partial charge in [0, 0.05) is 12.6 Å². The summed E-state index contributed by atoms with van der Waals surface area (Å²) >= 11 is 0. The van der Waals surface area contributed by atoms with Crippen molar-refractivity contribution in [2.75, 3.05) is 5.43 Å². The first-order chi connectivity index (χ1) is 8.54. The first kappa shape index (κ1) is 14.2. The van der Waals surface area contributed by atoms with E-state index in [9.17, 15) is 18.0 Å². The number of halogens is 3. The van der Waals surface area contributed by atoms with Crippen LogP contribution in [0, 0.1) is 0 Å². The average molecular weight is 258 g/mol. The minimum atomic E-state index is -4.36. The lowest BCUT2D eigenvalue weighted by Gasteiger charge is -2.07. The maximum Gasteiger partial charge on any atom is 0.416 e. The third kappa shape index (κ3) is 4.99. The largest absolute Gasteiger partial charge is 0.416 e. The van der Waals surface area contributed by atoms with Gasteiger partial charge in [-0.15, -0.1) is 0 Å². The maximum absolute atomic E-state index is 12.4. The van der Waals surface area contributed by atoms with Gasteiger partial charge in [-0.3, -0.25) is 5.43 Å². The number of benzene rings is 1. The fourth-order valence-electron chi connectivity index (χ4n) is 1.24. The van der Waals surface area contributed by atoms with Crippen molar-refractivity contribution in [1.82, 2.24) is 0 Å². The van der Waals surface area contributed by atoms with E-state index in [1.165, 1.54) is 18.3 Å². The highest BCUT2D eigenvalue weighted by molar-refractivity contribution is 5.60. The summed E-state index contributed by atoms with van der Waals surface area (Å²) in [6.45, 7) is 0. The molecule has 6 heteroatoms. The van der Waals surface area contributed by atoms with Gasteiger partial charge in [-0.2, -0.15) is 18.3 Å². The topological polar surface area (TPSA) is 41.5 Å². The third-order valence-corrected chi connectivity index (χ3v) is 2.13. The molecule has 98 valence electrons. The second-order valence-corrected chi connectivity index (χ2v) is 3.60. The zero-order valence-corrected chi connectivity index (χ0v) is 9.57. The van der Waals surface area contributed by atoms with Crippen molar-refractivity contribution in [3.8, 4) is 0 Å². The molecule has 0 radical (unpaired) electrons. The number of rotatable bonds is 6. The van der Waals surface area contributed by atoms with Crippen LogP contribution in [0.25, 0.3) is 0 Å². The molecule has 1 aromatic carbocycles. The normalized spacial score (nSPS) is 11.7. The van der Waals surface area contributed by atoms with E-state index in [4.69, 9.17) is 0 Å². The van der Waals surface area contributed by atoms with Gasteiger partial charge in [-0.05, 0) is 31.0 Å². The minimum absolute atomic E-state index is 0.275. The average Bonchev–Trinajstić information content (AvgIpc) is 2.33. The second kappa shape index (κ2) is 6.78. The number of aldehydes is 1. The molecule has 0 heterocycles. The molecule has 0 aliphatic carbocycles. The summed E-state index contributed by atoms with van der Waals surface area (Å²) in [5.41, 5.74) is 2.07. The predicted octanol–water partition coefficient (Wildman–Crippen LogP) is 3.47. The second-order valence-electron chi connectivity index (χ2n) is 3.60. The van der Waals surface area contributed by atoms with Crippen LogP contribution in [0.4, 0.5) is 18.9 Å². The molecule has 0 saturated carbocycles. The van der Waals surface area contributed by atoms with Crippen molar-refractivity contribution in [3.05, 3.63) is 29.8 Å². The molecule has 3 nitrogen and oxygen atoms in total. The van der Waals surface area contributed by atoms with Crippen LogP contribution in [0.15, 0.2) is 29.4 Å². The van der Waals surface area contributed by atoms with Gasteiger partial charge < -0.3 is 4.79 Å². The Labute approximate surface area is 103 Å². The molecule has 0 bridgehead atoms. The highest BCUT2D eigenvalue weighted by Crippen LogP contribution is 2.30. The van der Waals surface area contributed by atoms with E-state index in [-0.39, 0.29) is 5.69 Å². The molecule has 1 rings (SSSR count). The highest BCUT2D eigenvalue weighted by atomic mass is 19.4. The van der Waals surface area contributed by atoms with Gasteiger partial charge in [0.15, 0.2) is 0 Å². The predicted molar refractivity (Wildman–Crippen MR) is 63.5 cm³/mol. The van der Waals surface area contributed by atoms with E-state index in [0.29, 0.717) is 19.3 Å². The summed E-state index contributed by atoms with van der Waals surface area (Å²) < 4.78 is 37.2. The highest BCUT2D eigenvalue weighted by Gasteiger charge is 2.30. The molecular weight excluding hydrogens is 245 g/mol. The number of nitrogens with one attached hydrogen (secondary N) is 1. The van der Waals surface area contributed by atoms with Crippen molar-refractivity contribution < 1.29 is 18.0 Å². The van der Waals surface area contributed by atoms with Crippen LogP contribution in [0.2, 0.25) is 0 Å². The van der Waals surface area contributed by atoms with E-state index in [0.717, 1.165) is 18.4 Å². The third-order valence-electron chi connectivity index (χ3n) is 2.13. The molecule has 0 aromatic heterocycles. The van der Waals surface area contributed by atoms with E-state index in [1.54, 1.807) is 0 Å². The number of hydrogen-bond acceptors (Lipinski definition) is 3. The first-order valence-corrected chi connectivity index (χ1v) is 5.42. The van der Waals surface area contributed by atoms with Crippen molar-refractivity contribution >= 4 is 18.2 Å². The zero-order chi connectivity index (χ0) is 13.4. The SMILES string of the molecule is O=CCCCC=NNc1cccc(C(F)(F)F)c1. The number of nitrogens with zero attached hydrogens (tertiary/aromatic N) is 1. The number of anilines is 1. The fraction of sp³-hybridized carbons (Fsp3) is 0.333. The Morgan fingerprint density at radius 2 is 2.06 bits per heavy atom. The molecule has 0 unspecified atom stereocenters. The molecule has 0 saturated heterocycles. The lowest BCUT2D eigenvalue weighted by molar-refractivity contribution is -0.137. The Morgan fingerprint density at radius 3 is 2.72 bits per heavy atom. The molecule has 1 N–H and O–H groups in total. The minimum Gasteiger partial charge on any atom is -0.303 e. The van der Waals surface area contributed by atoms with Gasteiger partial charge in [-0.25, -0.2) is 0 Å². The maximum atomic E-state index is 12.4. The molecule has 0 aliphatic heterocycles. The number of alkyl halides is 3. The molecule has 0 spiro atoms. The smallest absolute Gasteiger partial charge is 0.303 e. The van der Waals surface area contributed by atoms with Gasteiger partial charge in [0.05, 0.1) is 11.3 Å². The van der Waals surface area contributed by atoms with Crippen LogP contribution in [-0.2, 0) is 11.0 Å². The molecule has 0 atom stereocenters. The lowest BCUT2D eigenvalue weighted by Crippen LogP contribution is -2.05. The van der Waals surface area contributed by atoms with Crippen molar-refractivity contribution in [2.24, 2.45) is 5.10 Å². The standard InChI is InChI=1S/C12H13F3N2O/c13-12(14,15)10-5-4-6-11(9-10)17-16-7-2-1-3-8-18/h4-9,17H,1-3H2. The Morgan fingerprint density at radius 1 is 1.28 bits per heavy atom. The molecule has 0 amide bonds. The molecule has 0 aliphatic rings. The Kier molecular flexibility index (Phi) is 5.35. The van der Waals surface area contributed by atoms with E-state index in [1.807, 2.05) is 0 Å². The van der Waals surface area contributed by atoms with Gasteiger partial charge in [0.1, 0.15) is 6.29 Å². The summed E-state index contributed by atoms with van der Waals surface area (Å²) in [5, 5.41) is 3.78. The van der Waals surface area contributed by atoms with Gasteiger partial charge in [0.2, 0.25) is 0 Å². The fourth-order valence-corrected chi connectivity index (χ4v) is 1.24. The van der Waals surface area contributed by atoms with Gasteiger partial charge in [-0.1, -0.05) is 6.07 Å². The summed E-state index contributed by atoms with van der Waals surface area (Å²) in [6, 6.07) is 4.80. The number of carbonyl (C=O) groups excluding carboxylic acids is 1. The Hall–Kier alpha value is -1.85. The summed E-state index contributed by atoms with van der Waals surface area (Å²) in [7, 11) is 0. The molecule has 18 heavy (non-hydrogen) atoms. The van der Waals surface area contributed by atoms with Crippen molar-refractivity contribution in [2.45, 2.75) is 25.4 Å². The summed E-state index contributed by atoms with van der Waals surface area (Å²) in [6.07, 6.45) is -0.277. The molecular formula is C12H13F3N2O.